The number of nitrogens with zero attached hydrogens (tertiary/aromatic N) is 3. The molecule has 1 aromatic heterocycles. The molecule has 1 spiro atoms. The summed E-state index contributed by atoms with van der Waals surface area (Å²) in [6.07, 6.45) is 1.72. The molecule has 0 unspecified atom stereocenters. The van der Waals surface area contributed by atoms with E-state index in [4.69, 9.17) is 9.26 Å². The molecule has 0 bridgehead atoms. The average Bonchev–Trinajstić information content (AvgIpc) is 2.83. The Hall–Kier alpha value is -0.960. The molecule has 3 heterocycles. The van der Waals surface area contributed by atoms with Crippen LogP contribution in [0.25, 0.3) is 0 Å². The first kappa shape index (κ1) is 15.9. The van der Waals surface area contributed by atoms with Crippen LogP contribution in [-0.2, 0) is 14.8 Å². The van der Waals surface area contributed by atoms with Gasteiger partial charge in [-0.15, -0.1) is 0 Å². The number of hydrogen-bond acceptors (Lipinski definition) is 6. The molecule has 0 N–H and O–H groups in total. The largest absolute Gasteiger partial charge is 0.381 e. The first-order valence-corrected chi connectivity index (χ1v) is 9.03. The maximum atomic E-state index is 13.0. The molecule has 22 heavy (non-hydrogen) atoms. The Morgan fingerprint density at radius 2 is 1.86 bits per heavy atom. The number of sulfonamides is 1. The van der Waals surface area contributed by atoms with Gasteiger partial charge in [0.2, 0.25) is 10.0 Å². The van der Waals surface area contributed by atoms with Crippen LogP contribution in [-0.4, -0.2) is 68.2 Å². The zero-order chi connectivity index (χ0) is 16.0. The van der Waals surface area contributed by atoms with Crippen LogP contribution >= 0.6 is 0 Å². The molecule has 0 aromatic carbocycles. The highest BCUT2D eigenvalue weighted by Gasteiger charge is 2.45. The van der Waals surface area contributed by atoms with E-state index in [1.165, 1.54) is 0 Å². The van der Waals surface area contributed by atoms with Gasteiger partial charge in [-0.05, 0) is 33.7 Å². The molecule has 3 rings (SSSR count). The SMILES string of the molecule is Cc1noc(C)c1S(=O)(=O)N1CCN(C)C2(CCOCC2)C1. The Morgan fingerprint density at radius 1 is 1.18 bits per heavy atom. The van der Waals surface area contributed by atoms with Crippen molar-refractivity contribution in [3.8, 4) is 0 Å². The Bertz CT molecular complexity index is 630. The molecule has 2 aliphatic rings. The Labute approximate surface area is 131 Å². The maximum absolute atomic E-state index is 13.0. The number of ether oxygens (including phenoxy) is 1. The van der Waals surface area contributed by atoms with E-state index in [1.807, 2.05) is 0 Å². The van der Waals surface area contributed by atoms with Crippen molar-refractivity contribution in [3.63, 3.8) is 0 Å². The third-order valence-corrected chi connectivity index (χ3v) is 7.04. The van der Waals surface area contributed by atoms with E-state index in [0.29, 0.717) is 37.8 Å². The smallest absolute Gasteiger partial charge is 0.248 e. The number of aryl methyl sites for hydroxylation is 2. The van der Waals surface area contributed by atoms with Gasteiger partial charge in [-0.1, -0.05) is 5.16 Å². The van der Waals surface area contributed by atoms with Crippen molar-refractivity contribution in [2.24, 2.45) is 0 Å². The quantitative estimate of drug-likeness (QED) is 0.798. The monoisotopic (exact) mass is 329 g/mol. The highest BCUT2D eigenvalue weighted by Crippen LogP contribution is 2.34. The second kappa shape index (κ2) is 5.59. The molecule has 0 aliphatic carbocycles. The summed E-state index contributed by atoms with van der Waals surface area (Å²) in [4.78, 5) is 2.51. The number of rotatable bonds is 2. The van der Waals surface area contributed by atoms with Gasteiger partial charge in [0.25, 0.3) is 0 Å². The average molecular weight is 329 g/mol. The lowest BCUT2D eigenvalue weighted by molar-refractivity contribution is -0.0445. The van der Waals surface area contributed by atoms with E-state index < -0.39 is 10.0 Å². The van der Waals surface area contributed by atoms with E-state index in [1.54, 1.807) is 18.2 Å². The molecule has 0 amide bonds. The molecule has 1 aromatic rings. The van der Waals surface area contributed by atoms with Crippen LogP contribution < -0.4 is 0 Å². The van der Waals surface area contributed by atoms with Crippen molar-refractivity contribution in [2.45, 2.75) is 37.1 Å². The van der Waals surface area contributed by atoms with Gasteiger partial charge in [-0.25, -0.2) is 8.42 Å². The molecular weight excluding hydrogens is 306 g/mol. The minimum atomic E-state index is -3.57. The molecule has 8 heteroatoms. The number of piperazine rings is 1. The fourth-order valence-corrected chi connectivity index (χ4v) is 5.30. The van der Waals surface area contributed by atoms with Gasteiger partial charge in [-0.2, -0.15) is 4.31 Å². The van der Waals surface area contributed by atoms with Crippen molar-refractivity contribution in [2.75, 3.05) is 39.9 Å². The molecular formula is C14H23N3O4S. The standard InChI is InChI=1S/C14H23N3O4S/c1-11-13(12(2)21-15-11)22(18,19)17-7-6-16(3)14(10-17)4-8-20-9-5-14/h4-10H2,1-3H3. The molecule has 7 nitrogen and oxygen atoms in total. The van der Waals surface area contributed by atoms with Crippen LogP contribution in [0.4, 0.5) is 0 Å². The van der Waals surface area contributed by atoms with Crippen molar-refractivity contribution in [1.82, 2.24) is 14.4 Å². The lowest BCUT2D eigenvalue weighted by Gasteiger charge is -2.50. The van der Waals surface area contributed by atoms with Crippen LogP contribution in [0.1, 0.15) is 24.3 Å². The number of aromatic nitrogens is 1. The predicted octanol–water partition coefficient (Wildman–Crippen LogP) is 0.777. The first-order chi connectivity index (χ1) is 10.4. The van der Waals surface area contributed by atoms with E-state index in [-0.39, 0.29) is 10.4 Å². The molecule has 2 saturated heterocycles. The van der Waals surface area contributed by atoms with Gasteiger partial charge in [0, 0.05) is 38.4 Å². The number of hydrogen-bond donors (Lipinski definition) is 0. The minimum absolute atomic E-state index is 0.122. The lowest BCUT2D eigenvalue weighted by atomic mass is 9.87. The highest BCUT2D eigenvalue weighted by molar-refractivity contribution is 7.89. The molecule has 2 fully saturated rings. The van der Waals surface area contributed by atoms with E-state index in [9.17, 15) is 8.42 Å². The van der Waals surface area contributed by atoms with E-state index in [2.05, 4.69) is 17.1 Å². The molecule has 0 radical (unpaired) electrons. The summed E-state index contributed by atoms with van der Waals surface area (Å²) < 4.78 is 38.1. The Kier molecular flexibility index (Phi) is 4.05. The molecule has 2 aliphatic heterocycles. The van der Waals surface area contributed by atoms with Gasteiger partial charge in [0.1, 0.15) is 10.6 Å². The second-order valence-electron chi connectivity index (χ2n) is 6.25. The Balaban J connectivity index is 1.92. The minimum Gasteiger partial charge on any atom is -0.381 e. The fourth-order valence-electron chi connectivity index (χ4n) is 3.50. The normalized spacial score (nSPS) is 24.0. The maximum Gasteiger partial charge on any atom is 0.248 e. The molecule has 0 atom stereocenters. The third kappa shape index (κ3) is 2.47. The second-order valence-corrected chi connectivity index (χ2v) is 8.12. The van der Waals surface area contributed by atoms with Crippen LogP contribution in [0.5, 0.6) is 0 Å². The van der Waals surface area contributed by atoms with Gasteiger partial charge in [0.05, 0.1) is 0 Å². The number of likely N-dealkylation sites (N-methyl/N-ethyl adjacent to an activating group) is 1. The third-order valence-electron chi connectivity index (χ3n) is 4.95. The van der Waals surface area contributed by atoms with Crippen molar-refractivity contribution in [3.05, 3.63) is 11.5 Å². The highest BCUT2D eigenvalue weighted by atomic mass is 32.2. The van der Waals surface area contributed by atoms with Gasteiger partial charge >= 0.3 is 0 Å². The summed E-state index contributed by atoms with van der Waals surface area (Å²) >= 11 is 0. The van der Waals surface area contributed by atoms with E-state index >= 15 is 0 Å². The van der Waals surface area contributed by atoms with E-state index in [0.717, 1.165) is 19.4 Å². The fraction of sp³-hybridized carbons (Fsp3) is 0.786. The van der Waals surface area contributed by atoms with Crippen molar-refractivity contribution >= 4 is 10.0 Å². The summed E-state index contributed by atoms with van der Waals surface area (Å²) in [5.41, 5.74) is 0.306. The van der Waals surface area contributed by atoms with Crippen molar-refractivity contribution < 1.29 is 17.7 Å². The molecule has 124 valence electrons. The van der Waals surface area contributed by atoms with Gasteiger partial charge in [-0.3, -0.25) is 4.90 Å². The zero-order valence-electron chi connectivity index (χ0n) is 13.3. The summed E-state index contributed by atoms with van der Waals surface area (Å²) in [5.74, 6) is 0.359. The van der Waals surface area contributed by atoms with Gasteiger partial charge in [0.15, 0.2) is 5.76 Å². The summed E-state index contributed by atoms with van der Waals surface area (Å²) in [7, 11) is -1.49. The van der Waals surface area contributed by atoms with Crippen molar-refractivity contribution in [1.29, 1.82) is 0 Å². The topological polar surface area (TPSA) is 75.9 Å². The zero-order valence-corrected chi connectivity index (χ0v) is 14.1. The first-order valence-electron chi connectivity index (χ1n) is 7.59. The summed E-state index contributed by atoms with van der Waals surface area (Å²) in [6.45, 7) is 6.40. The van der Waals surface area contributed by atoms with Gasteiger partial charge < -0.3 is 9.26 Å². The van der Waals surface area contributed by atoms with Crippen LogP contribution in [0.2, 0.25) is 0 Å². The lowest BCUT2D eigenvalue weighted by Crippen LogP contribution is -2.63. The summed E-state index contributed by atoms with van der Waals surface area (Å²) in [6, 6.07) is 0. The molecule has 0 saturated carbocycles. The van der Waals surface area contributed by atoms with Crippen LogP contribution in [0, 0.1) is 13.8 Å². The predicted molar refractivity (Wildman–Crippen MR) is 80.1 cm³/mol. The Morgan fingerprint density at radius 3 is 2.45 bits per heavy atom. The van der Waals surface area contributed by atoms with Crippen LogP contribution in [0.15, 0.2) is 9.42 Å². The van der Waals surface area contributed by atoms with Crippen LogP contribution in [0.3, 0.4) is 0 Å². The summed E-state index contributed by atoms with van der Waals surface area (Å²) in [5, 5.41) is 3.78.